The molecule has 1 heterocycles. The monoisotopic (exact) mass is 335 g/mol. The number of rotatable bonds is 5. The summed E-state index contributed by atoms with van der Waals surface area (Å²) in [6.07, 6.45) is 0.162. The van der Waals surface area contributed by atoms with Gasteiger partial charge in [-0.2, -0.15) is 0 Å². The lowest BCUT2D eigenvalue weighted by Crippen LogP contribution is -2.29. The smallest absolute Gasteiger partial charge is 0.267 e. The first-order chi connectivity index (χ1) is 8.38. The van der Waals surface area contributed by atoms with Crippen LogP contribution in [-0.2, 0) is 0 Å². The van der Waals surface area contributed by atoms with E-state index in [0.717, 1.165) is 9.35 Å². The quantitative estimate of drug-likeness (QED) is 0.899. The van der Waals surface area contributed by atoms with Crippen molar-refractivity contribution in [2.75, 3.05) is 20.7 Å². The van der Waals surface area contributed by atoms with Gasteiger partial charge in [0.15, 0.2) is 5.75 Å². The molecule has 0 aliphatic carbocycles. The summed E-state index contributed by atoms with van der Waals surface area (Å²) in [6.45, 7) is 4.17. The molecule has 1 amide bonds. The summed E-state index contributed by atoms with van der Waals surface area (Å²) in [4.78, 5) is 15.5. The van der Waals surface area contributed by atoms with Crippen LogP contribution in [0.4, 0.5) is 0 Å². The molecule has 0 bridgehead atoms. The lowest BCUT2D eigenvalue weighted by atomic mass is 10.2. The zero-order chi connectivity index (χ0) is 13.9. The third-order valence-electron chi connectivity index (χ3n) is 2.60. The van der Waals surface area contributed by atoms with Crippen molar-refractivity contribution in [3.8, 4) is 5.75 Å². The van der Waals surface area contributed by atoms with Crippen molar-refractivity contribution in [1.29, 1.82) is 0 Å². The fourth-order valence-electron chi connectivity index (χ4n) is 1.48. The van der Waals surface area contributed by atoms with Crippen molar-refractivity contribution in [3.05, 3.63) is 14.2 Å². The predicted octanol–water partition coefficient (Wildman–Crippen LogP) is 2.67. The number of aliphatic hydroxyl groups excluding tert-OH is 1. The van der Waals surface area contributed by atoms with E-state index in [4.69, 9.17) is 4.74 Å². The number of nitrogens with zero attached hydrogens (tertiary/aromatic N) is 1. The normalized spacial score (nSPS) is 12.3. The van der Waals surface area contributed by atoms with Gasteiger partial charge in [-0.25, -0.2) is 0 Å². The maximum absolute atomic E-state index is 12.3. The largest absolute Gasteiger partial charge is 0.494 e. The van der Waals surface area contributed by atoms with E-state index in [2.05, 4.69) is 15.9 Å². The van der Waals surface area contributed by atoms with Crippen LogP contribution in [0.5, 0.6) is 5.75 Å². The van der Waals surface area contributed by atoms with Crippen LogP contribution in [0.1, 0.15) is 27.9 Å². The van der Waals surface area contributed by atoms with Gasteiger partial charge in [-0.15, -0.1) is 11.3 Å². The molecular weight excluding hydrogens is 318 g/mol. The third kappa shape index (κ3) is 3.46. The standard InChI is InChI=1S/C12H18BrNO3S/c1-7(15)5-6-14(3)12(16)11-10(17-4)9(13)8(2)18-11/h7,15H,5-6H2,1-4H3. The average molecular weight is 336 g/mol. The highest BCUT2D eigenvalue weighted by Crippen LogP contribution is 2.39. The van der Waals surface area contributed by atoms with Gasteiger partial charge in [-0.1, -0.05) is 0 Å². The molecule has 1 unspecified atom stereocenters. The Morgan fingerprint density at radius 3 is 2.72 bits per heavy atom. The minimum atomic E-state index is -0.404. The van der Waals surface area contributed by atoms with E-state index in [0.29, 0.717) is 23.6 Å². The Labute approximate surface area is 120 Å². The minimum Gasteiger partial charge on any atom is -0.494 e. The van der Waals surface area contributed by atoms with E-state index in [1.165, 1.54) is 11.3 Å². The Morgan fingerprint density at radius 1 is 1.61 bits per heavy atom. The van der Waals surface area contributed by atoms with Crippen molar-refractivity contribution in [2.45, 2.75) is 26.4 Å². The minimum absolute atomic E-state index is 0.0775. The summed E-state index contributed by atoms with van der Waals surface area (Å²) < 4.78 is 6.10. The molecule has 18 heavy (non-hydrogen) atoms. The summed E-state index contributed by atoms with van der Waals surface area (Å²) in [5.74, 6) is 0.512. The van der Waals surface area contributed by atoms with Crippen LogP contribution in [0.25, 0.3) is 0 Å². The number of methoxy groups -OCH3 is 1. The second kappa shape index (κ2) is 6.54. The van der Waals surface area contributed by atoms with Gasteiger partial charge in [0.05, 0.1) is 17.7 Å². The number of halogens is 1. The molecule has 1 atom stereocenters. The van der Waals surface area contributed by atoms with Crippen LogP contribution >= 0.6 is 27.3 Å². The number of carbonyl (C=O) groups is 1. The number of thiophene rings is 1. The van der Waals surface area contributed by atoms with Crippen LogP contribution in [0, 0.1) is 6.92 Å². The molecule has 0 radical (unpaired) electrons. The van der Waals surface area contributed by atoms with Crippen LogP contribution in [0.2, 0.25) is 0 Å². The maximum Gasteiger partial charge on any atom is 0.267 e. The van der Waals surface area contributed by atoms with E-state index in [1.807, 2.05) is 6.92 Å². The molecule has 4 nitrogen and oxygen atoms in total. The van der Waals surface area contributed by atoms with Gasteiger partial charge in [0.25, 0.3) is 5.91 Å². The lowest BCUT2D eigenvalue weighted by Gasteiger charge is -2.17. The molecule has 1 N–H and O–H groups in total. The zero-order valence-electron chi connectivity index (χ0n) is 11.0. The summed E-state index contributed by atoms with van der Waals surface area (Å²) in [7, 11) is 3.28. The number of ether oxygens (including phenoxy) is 1. The highest BCUT2D eigenvalue weighted by atomic mass is 79.9. The summed E-state index contributed by atoms with van der Waals surface area (Å²) >= 11 is 4.83. The molecule has 0 saturated carbocycles. The Balaban J connectivity index is 2.86. The first-order valence-corrected chi connectivity index (χ1v) is 7.25. The molecule has 0 aliphatic heterocycles. The molecule has 0 saturated heterocycles. The second-order valence-electron chi connectivity index (χ2n) is 4.20. The highest BCUT2D eigenvalue weighted by molar-refractivity contribution is 9.10. The van der Waals surface area contributed by atoms with Crippen LogP contribution < -0.4 is 4.74 Å². The topological polar surface area (TPSA) is 49.8 Å². The zero-order valence-corrected chi connectivity index (χ0v) is 13.4. The Kier molecular flexibility index (Phi) is 5.62. The van der Waals surface area contributed by atoms with E-state index < -0.39 is 6.10 Å². The van der Waals surface area contributed by atoms with Gasteiger partial charge in [-0.3, -0.25) is 4.79 Å². The van der Waals surface area contributed by atoms with Gasteiger partial charge in [-0.05, 0) is 36.2 Å². The predicted molar refractivity (Wildman–Crippen MR) is 76.6 cm³/mol. The SMILES string of the molecule is COc1c(C(=O)N(C)CCC(C)O)sc(C)c1Br. The first-order valence-electron chi connectivity index (χ1n) is 5.64. The molecule has 1 aromatic heterocycles. The fraction of sp³-hybridized carbons (Fsp3) is 0.583. The van der Waals surface area contributed by atoms with Crippen molar-refractivity contribution in [1.82, 2.24) is 4.90 Å². The Bertz CT molecular complexity index is 431. The molecule has 0 aromatic carbocycles. The molecular formula is C12H18BrNO3S. The number of aliphatic hydroxyl groups is 1. The third-order valence-corrected chi connectivity index (χ3v) is 4.89. The van der Waals surface area contributed by atoms with E-state index in [-0.39, 0.29) is 5.91 Å². The molecule has 1 rings (SSSR count). The van der Waals surface area contributed by atoms with Crippen LogP contribution in [0.3, 0.4) is 0 Å². The lowest BCUT2D eigenvalue weighted by molar-refractivity contribution is 0.0770. The number of amides is 1. The summed E-state index contributed by atoms with van der Waals surface area (Å²) in [5, 5.41) is 9.24. The van der Waals surface area contributed by atoms with Crippen LogP contribution in [0.15, 0.2) is 4.47 Å². The maximum atomic E-state index is 12.3. The van der Waals surface area contributed by atoms with Crippen molar-refractivity contribution < 1.29 is 14.6 Å². The molecule has 0 aliphatic rings. The number of hydrogen-bond donors (Lipinski definition) is 1. The molecule has 0 spiro atoms. The van der Waals surface area contributed by atoms with E-state index >= 15 is 0 Å². The van der Waals surface area contributed by atoms with Gasteiger partial charge in [0.1, 0.15) is 4.88 Å². The molecule has 0 fully saturated rings. The summed E-state index contributed by atoms with van der Waals surface area (Å²) in [5.41, 5.74) is 0. The van der Waals surface area contributed by atoms with Crippen molar-refractivity contribution >= 4 is 33.2 Å². The van der Waals surface area contributed by atoms with Gasteiger partial charge >= 0.3 is 0 Å². The van der Waals surface area contributed by atoms with Crippen molar-refractivity contribution in [2.24, 2.45) is 0 Å². The fourth-order valence-corrected chi connectivity index (χ4v) is 3.23. The molecule has 6 heteroatoms. The Morgan fingerprint density at radius 2 is 2.22 bits per heavy atom. The second-order valence-corrected chi connectivity index (χ2v) is 6.22. The highest BCUT2D eigenvalue weighted by Gasteiger charge is 2.23. The number of hydrogen-bond acceptors (Lipinski definition) is 4. The van der Waals surface area contributed by atoms with E-state index in [1.54, 1.807) is 26.0 Å². The molecule has 1 aromatic rings. The number of aryl methyl sites for hydroxylation is 1. The first kappa shape index (κ1) is 15.5. The average Bonchev–Trinajstić information content (AvgIpc) is 2.61. The van der Waals surface area contributed by atoms with Gasteiger partial charge in [0.2, 0.25) is 0 Å². The molecule has 102 valence electrons. The van der Waals surface area contributed by atoms with Gasteiger partial charge in [0, 0.05) is 18.5 Å². The summed E-state index contributed by atoms with van der Waals surface area (Å²) in [6, 6.07) is 0. The number of carbonyl (C=O) groups excluding carboxylic acids is 1. The van der Waals surface area contributed by atoms with Gasteiger partial charge < -0.3 is 14.7 Å². The Hall–Kier alpha value is -0.590. The van der Waals surface area contributed by atoms with Crippen molar-refractivity contribution in [3.63, 3.8) is 0 Å². The van der Waals surface area contributed by atoms with E-state index in [9.17, 15) is 9.90 Å². The van der Waals surface area contributed by atoms with Crippen LogP contribution in [-0.4, -0.2) is 42.7 Å².